The predicted octanol–water partition coefficient (Wildman–Crippen LogP) is 4.57. The van der Waals surface area contributed by atoms with Crippen LogP contribution in [-0.2, 0) is 4.79 Å². The summed E-state index contributed by atoms with van der Waals surface area (Å²) in [7, 11) is 0. The van der Waals surface area contributed by atoms with Crippen molar-refractivity contribution < 1.29 is 4.79 Å². The Labute approximate surface area is 198 Å². The number of aryl methyl sites for hydroxylation is 1. The number of nitrogens with one attached hydrogen (secondary N) is 2. The van der Waals surface area contributed by atoms with E-state index in [1.54, 1.807) is 0 Å². The second-order valence-electron chi connectivity index (χ2n) is 11.0. The van der Waals surface area contributed by atoms with Crippen LogP contribution in [0.15, 0.2) is 12.3 Å². The van der Waals surface area contributed by atoms with Crippen molar-refractivity contribution in [3.05, 3.63) is 28.5 Å². The van der Waals surface area contributed by atoms with Crippen LogP contribution in [0.25, 0.3) is 22.0 Å². The first kappa shape index (κ1) is 21.2. The molecule has 1 aromatic carbocycles. The first-order valence-electron chi connectivity index (χ1n) is 11.9. The number of hydrogen-bond acceptors (Lipinski definition) is 5. The number of aromatic nitrogens is 4. The molecule has 6 rings (SSSR count). The van der Waals surface area contributed by atoms with Gasteiger partial charge in [-0.15, -0.1) is 0 Å². The van der Waals surface area contributed by atoms with Gasteiger partial charge < -0.3 is 10.2 Å². The van der Waals surface area contributed by atoms with Crippen molar-refractivity contribution in [1.29, 1.82) is 0 Å². The average molecular weight is 467 g/mol. The van der Waals surface area contributed by atoms with Crippen LogP contribution >= 0.6 is 11.6 Å². The third-order valence-electron chi connectivity index (χ3n) is 8.16. The Morgan fingerprint density at radius 2 is 1.94 bits per heavy atom. The summed E-state index contributed by atoms with van der Waals surface area (Å²) in [6.45, 7) is 11.4. The summed E-state index contributed by atoms with van der Waals surface area (Å²) in [5, 5.41) is 17.9. The van der Waals surface area contributed by atoms with Gasteiger partial charge in [0, 0.05) is 60.2 Å². The zero-order chi connectivity index (χ0) is 23.1. The highest BCUT2D eigenvalue weighted by Gasteiger charge is 2.50. The molecule has 7 nitrogen and oxygen atoms in total. The maximum atomic E-state index is 12.3. The molecule has 2 aromatic heterocycles. The maximum Gasteiger partial charge on any atom is 0.159 e. The number of halogens is 1. The molecule has 0 unspecified atom stereocenters. The highest BCUT2D eigenvalue weighted by atomic mass is 35.5. The van der Waals surface area contributed by atoms with E-state index in [1.807, 2.05) is 13.1 Å². The molecule has 0 atom stereocenters. The lowest BCUT2D eigenvalue weighted by atomic mass is 9.61. The lowest BCUT2D eigenvalue weighted by molar-refractivity contribution is -0.121. The first-order chi connectivity index (χ1) is 15.7. The summed E-state index contributed by atoms with van der Waals surface area (Å²) in [6.07, 6.45) is 5.26. The molecule has 0 bridgehead atoms. The Hall–Kier alpha value is -2.38. The van der Waals surface area contributed by atoms with Crippen LogP contribution in [0.5, 0.6) is 0 Å². The zero-order valence-corrected chi connectivity index (χ0v) is 20.5. The van der Waals surface area contributed by atoms with Crippen LogP contribution in [-0.4, -0.2) is 50.9 Å². The number of piperidine rings is 1. The van der Waals surface area contributed by atoms with Crippen LogP contribution in [0.2, 0.25) is 5.02 Å². The topological polar surface area (TPSA) is 78.8 Å². The predicted molar refractivity (Wildman–Crippen MR) is 131 cm³/mol. The van der Waals surface area contributed by atoms with E-state index in [4.69, 9.17) is 16.7 Å². The highest BCUT2D eigenvalue weighted by Crippen LogP contribution is 2.53. The summed E-state index contributed by atoms with van der Waals surface area (Å²) in [6, 6.07) is 2.45. The minimum Gasteiger partial charge on any atom is -0.349 e. The molecular formula is C25H31ClN6O. The number of hydrogen-bond donors (Lipinski definition) is 2. The van der Waals surface area contributed by atoms with E-state index in [2.05, 4.69) is 51.9 Å². The SMILES string of the molecule is Cc1cc2[nH]ncc2c(-c2c(N3CCC(=O)CC3(C)C)nn(C3CC4(CNC4)C3)c2C)c1Cl. The largest absolute Gasteiger partial charge is 0.349 e. The Morgan fingerprint density at radius 3 is 2.61 bits per heavy atom. The van der Waals surface area contributed by atoms with Crippen molar-refractivity contribution in [1.82, 2.24) is 25.3 Å². The standard InChI is InChI=1S/C25H31ClN6O/c1-14-7-19-18(11-28-29-19)21(22(14)26)20-15(2)32(16-8-25(9-16)12-27-13-25)30-23(20)31-6-5-17(33)10-24(31,3)4/h7,11,16,27H,5-6,8-10,12-13H2,1-4H3,(H,28,29). The fraction of sp³-hybridized carbons (Fsp3) is 0.560. The third-order valence-corrected chi connectivity index (χ3v) is 8.65. The Morgan fingerprint density at radius 1 is 1.18 bits per heavy atom. The molecule has 1 spiro atoms. The van der Waals surface area contributed by atoms with Crippen molar-refractivity contribution in [3.63, 3.8) is 0 Å². The number of nitrogens with zero attached hydrogens (tertiary/aromatic N) is 4. The van der Waals surface area contributed by atoms with Crippen LogP contribution in [0.4, 0.5) is 5.82 Å². The van der Waals surface area contributed by atoms with Crippen molar-refractivity contribution >= 4 is 34.1 Å². The Bertz CT molecular complexity index is 1280. The van der Waals surface area contributed by atoms with Gasteiger partial charge in [0.1, 0.15) is 5.78 Å². The van der Waals surface area contributed by atoms with Gasteiger partial charge >= 0.3 is 0 Å². The molecule has 1 aliphatic carbocycles. The number of ketones is 1. The zero-order valence-electron chi connectivity index (χ0n) is 19.8. The molecule has 33 heavy (non-hydrogen) atoms. The van der Waals surface area contributed by atoms with E-state index in [-0.39, 0.29) is 5.54 Å². The summed E-state index contributed by atoms with van der Waals surface area (Å²) >= 11 is 6.99. The third kappa shape index (κ3) is 3.08. The highest BCUT2D eigenvalue weighted by molar-refractivity contribution is 6.36. The number of Topliss-reactive ketones (excluding diaryl/α,β-unsaturated/α-hetero) is 1. The molecule has 2 saturated heterocycles. The van der Waals surface area contributed by atoms with Crippen LogP contribution in [0.3, 0.4) is 0 Å². The molecule has 2 aliphatic heterocycles. The van der Waals surface area contributed by atoms with Crippen molar-refractivity contribution in [2.75, 3.05) is 24.5 Å². The summed E-state index contributed by atoms with van der Waals surface area (Å²) in [5.41, 5.74) is 5.34. The van der Waals surface area contributed by atoms with Crippen molar-refractivity contribution in [2.45, 2.75) is 65.0 Å². The van der Waals surface area contributed by atoms with Gasteiger partial charge in [-0.1, -0.05) is 11.6 Å². The number of carbonyl (C=O) groups is 1. The smallest absolute Gasteiger partial charge is 0.159 e. The number of anilines is 1. The molecule has 0 radical (unpaired) electrons. The van der Waals surface area contributed by atoms with Crippen molar-refractivity contribution in [3.8, 4) is 11.1 Å². The van der Waals surface area contributed by atoms with Crippen LogP contribution in [0, 0.1) is 19.3 Å². The van der Waals surface area contributed by atoms with Gasteiger partial charge in [-0.2, -0.15) is 10.2 Å². The number of fused-ring (bicyclic) bond motifs is 1. The average Bonchev–Trinajstić information content (AvgIpc) is 3.25. The number of rotatable bonds is 3. The van der Waals surface area contributed by atoms with Gasteiger partial charge in [-0.05, 0) is 57.6 Å². The fourth-order valence-electron chi connectivity index (χ4n) is 6.26. The van der Waals surface area contributed by atoms with Gasteiger partial charge in [0.15, 0.2) is 5.82 Å². The monoisotopic (exact) mass is 466 g/mol. The van der Waals surface area contributed by atoms with E-state index in [9.17, 15) is 4.79 Å². The number of benzene rings is 1. The summed E-state index contributed by atoms with van der Waals surface area (Å²) < 4.78 is 2.24. The van der Waals surface area contributed by atoms with E-state index in [0.717, 1.165) is 70.1 Å². The van der Waals surface area contributed by atoms with Gasteiger partial charge in [0.05, 0.1) is 22.8 Å². The van der Waals surface area contributed by atoms with E-state index in [0.29, 0.717) is 36.6 Å². The summed E-state index contributed by atoms with van der Waals surface area (Å²) in [5.74, 6) is 1.26. The van der Waals surface area contributed by atoms with Gasteiger partial charge in [0.2, 0.25) is 0 Å². The second kappa shape index (κ2) is 7.06. The molecule has 2 N–H and O–H groups in total. The van der Waals surface area contributed by atoms with Gasteiger partial charge in [0.25, 0.3) is 0 Å². The Balaban J connectivity index is 1.55. The molecule has 8 heteroatoms. The fourth-order valence-corrected chi connectivity index (χ4v) is 6.51. The summed E-state index contributed by atoms with van der Waals surface area (Å²) in [4.78, 5) is 14.6. The van der Waals surface area contributed by atoms with Gasteiger partial charge in [-0.25, -0.2) is 0 Å². The molecule has 3 aromatic rings. The molecule has 3 aliphatic rings. The molecule has 0 amide bonds. The number of aromatic amines is 1. The minimum atomic E-state index is -0.305. The lowest BCUT2D eigenvalue weighted by Gasteiger charge is -2.54. The van der Waals surface area contributed by atoms with Gasteiger partial charge in [-0.3, -0.25) is 14.6 Å². The van der Waals surface area contributed by atoms with Crippen molar-refractivity contribution in [2.24, 2.45) is 5.41 Å². The normalized spacial score (nSPS) is 22.1. The van der Waals surface area contributed by atoms with E-state index in [1.165, 1.54) is 0 Å². The second-order valence-corrected chi connectivity index (χ2v) is 11.4. The molecule has 174 valence electrons. The molecule has 4 heterocycles. The minimum absolute atomic E-state index is 0.305. The molecule has 3 fully saturated rings. The lowest BCUT2D eigenvalue weighted by Crippen LogP contribution is -2.60. The number of H-pyrrole nitrogens is 1. The molecular weight excluding hydrogens is 436 g/mol. The Kier molecular flexibility index (Phi) is 4.53. The number of carbonyl (C=O) groups excluding carboxylic acids is 1. The van der Waals surface area contributed by atoms with E-state index >= 15 is 0 Å². The molecule has 1 saturated carbocycles. The first-order valence-corrected chi connectivity index (χ1v) is 12.3. The maximum absolute atomic E-state index is 12.3. The van der Waals surface area contributed by atoms with Crippen LogP contribution < -0.4 is 10.2 Å². The van der Waals surface area contributed by atoms with Crippen LogP contribution in [0.1, 0.15) is 56.8 Å². The quantitative estimate of drug-likeness (QED) is 0.591. The van der Waals surface area contributed by atoms with E-state index < -0.39 is 0 Å².